The summed E-state index contributed by atoms with van der Waals surface area (Å²) in [6.45, 7) is 1.47. The van der Waals surface area contributed by atoms with Gasteiger partial charge in [-0.2, -0.15) is 0 Å². The van der Waals surface area contributed by atoms with Crippen molar-refractivity contribution in [3.63, 3.8) is 0 Å². The Hall–Kier alpha value is -1.10. The summed E-state index contributed by atoms with van der Waals surface area (Å²) in [5, 5.41) is 0. The van der Waals surface area contributed by atoms with Crippen LogP contribution in [0.4, 0.5) is 0 Å². The van der Waals surface area contributed by atoms with E-state index >= 15 is 0 Å². The lowest BCUT2D eigenvalue weighted by Gasteiger charge is -2.21. The predicted molar refractivity (Wildman–Crippen MR) is 45.5 cm³/mol. The highest BCUT2D eigenvalue weighted by atomic mass is 16.5. The molecule has 1 heterocycles. The second-order valence-electron chi connectivity index (χ2n) is 3.07. The predicted octanol–water partition coefficient (Wildman–Crippen LogP) is -0.420. The van der Waals surface area contributed by atoms with E-state index in [1.807, 2.05) is 0 Å². The van der Waals surface area contributed by atoms with E-state index < -0.39 is 0 Å². The molecular weight excluding hydrogens is 172 g/mol. The highest BCUT2D eigenvalue weighted by Gasteiger charge is 2.16. The Kier molecular flexibility index (Phi) is 4.25. The number of amides is 2. The Morgan fingerprint density at radius 2 is 2.15 bits per heavy atom. The summed E-state index contributed by atoms with van der Waals surface area (Å²) >= 11 is 0. The molecule has 0 radical (unpaired) electrons. The molecule has 1 aliphatic heterocycles. The molecule has 0 aromatic carbocycles. The minimum absolute atomic E-state index is 0.140. The number of rotatable bonds is 4. The summed E-state index contributed by atoms with van der Waals surface area (Å²) in [4.78, 5) is 21.0. The second kappa shape index (κ2) is 5.53. The molecule has 0 bridgehead atoms. The first kappa shape index (κ1) is 9.98. The zero-order valence-corrected chi connectivity index (χ0v) is 7.41. The summed E-state index contributed by atoms with van der Waals surface area (Å²) in [6, 6.07) is 0. The molecule has 0 aromatic heterocycles. The maximum Gasteiger partial charge on any atom is 0.238 e. The van der Waals surface area contributed by atoms with Gasteiger partial charge in [0.2, 0.25) is 12.3 Å². The van der Waals surface area contributed by atoms with Crippen molar-refractivity contribution in [1.82, 2.24) is 10.9 Å². The second-order valence-corrected chi connectivity index (χ2v) is 3.07. The van der Waals surface area contributed by atoms with E-state index in [0.717, 1.165) is 26.1 Å². The molecule has 1 aliphatic rings. The maximum absolute atomic E-state index is 11.1. The maximum atomic E-state index is 11.1. The van der Waals surface area contributed by atoms with Crippen LogP contribution in [0.1, 0.15) is 19.3 Å². The fraction of sp³-hybridized carbons (Fsp3) is 0.750. The Bertz CT molecular complexity index is 178. The van der Waals surface area contributed by atoms with Crippen LogP contribution < -0.4 is 10.9 Å². The lowest BCUT2D eigenvalue weighted by Crippen LogP contribution is -2.37. The molecule has 1 fully saturated rings. The lowest BCUT2D eigenvalue weighted by molar-refractivity contribution is -0.126. The number of hydrogen-bond acceptors (Lipinski definition) is 3. The van der Waals surface area contributed by atoms with Crippen molar-refractivity contribution in [2.45, 2.75) is 19.3 Å². The molecule has 5 heteroatoms. The third-order valence-electron chi connectivity index (χ3n) is 2.09. The van der Waals surface area contributed by atoms with Crippen molar-refractivity contribution in [2.24, 2.45) is 5.92 Å². The molecule has 0 aromatic rings. The minimum atomic E-state index is -0.140. The molecule has 0 unspecified atom stereocenters. The van der Waals surface area contributed by atoms with Crippen LogP contribution in [0.15, 0.2) is 0 Å². The van der Waals surface area contributed by atoms with Gasteiger partial charge in [-0.1, -0.05) is 0 Å². The standard InChI is InChI=1S/C8H14N2O3/c11-6-9-10-8(12)5-7-1-3-13-4-2-7/h6-7H,1-5H2,(H,9,11)(H,10,12). The Labute approximate surface area is 76.8 Å². The fourth-order valence-corrected chi connectivity index (χ4v) is 1.37. The number of nitrogens with one attached hydrogen (secondary N) is 2. The summed E-state index contributed by atoms with van der Waals surface area (Å²) < 4.78 is 5.16. The van der Waals surface area contributed by atoms with Gasteiger partial charge in [0.05, 0.1) is 0 Å². The average molecular weight is 186 g/mol. The Balaban J connectivity index is 2.14. The molecule has 1 rings (SSSR count). The number of ether oxygens (including phenoxy) is 1. The van der Waals surface area contributed by atoms with Gasteiger partial charge in [-0.15, -0.1) is 0 Å². The quantitative estimate of drug-likeness (QED) is 0.463. The van der Waals surface area contributed by atoms with Gasteiger partial charge in [-0.05, 0) is 18.8 Å². The van der Waals surface area contributed by atoms with Gasteiger partial charge >= 0.3 is 0 Å². The topological polar surface area (TPSA) is 67.4 Å². The van der Waals surface area contributed by atoms with Crippen molar-refractivity contribution in [1.29, 1.82) is 0 Å². The molecule has 74 valence electrons. The van der Waals surface area contributed by atoms with Crippen LogP contribution in [0.2, 0.25) is 0 Å². The number of hydrazine groups is 1. The minimum Gasteiger partial charge on any atom is -0.381 e. The Morgan fingerprint density at radius 3 is 2.77 bits per heavy atom. The van der Waals surface area contributed by atoms with Gasteiger partial charge < -0.3 is 4.74 Å². The van der Waals surface area contributed by atoms with Crippen LogP contribution in [0, 0.1) is 5.92 Å². The van der Waals surface area contributed by atoms with E-state index in [1.54, 1.807) is 0 Å². The lowest BCUT2D eigenvalue weighted by atomic mass is 9.96. The summed E-state index contributed by atoms with van der Waals surface area (Å²) in [5.74, 6) is 0.251. The van der Waals surface area contributed by atoms with Gasteiger partial charge in [0.25, 0.3) is 0 Å². The molecule has 0 saturated carbocycles. The fourth-order valence-electron chi connectivity index (χ4n) is 1.37. The number of carbonyl (C=O) groups excluding carboxylic acids is 2. The van der Waals surface area contributed by atoms with Crippen molar-refractivity contribution < 1.29 is 14.3 Å². The monoisotopic (exact) mass is 186 g/mol. The molecule has 13 heavy (non-hydrogen) atoms. The van der Waals surface area contributed by atoms with E-state index in [0.29, 0.717) is 18.7 Å². The molecule has 0 atom stereocenters. The zero-order chi connectivity index (χ0) is 9.52. The summed E-state index contributed by atoms with van der Waals surface area (Å²) in [5.41, 5.74) is 4.41. The van der Waals surface area contributed by atoms with E-state index in [4.69, 9.17) is 4.74 Å². The van der Waals surface area contributed by atoms with Gasteiger partial charge in [0.15, 0.2) is 0 Å². The van der Waals surface area contributed by atoms with E-state index in [1.165, 1.54) is 0 Å². The summed E-state index contributed by atoms with van der Waals surface area (Å²) in [6.07, 6.45) is 2.76. The highest BCUT2D eigenvalue weighted by molar-refractivity contribution is 5.76. The van der Waals surface area contributed by atoms with Gasteiger partial charge in [-0.3, -0.25) is 20.4 Å². The molecule has 2 amide bonds. The summed E-state index contributed by atoms with van der Waals surface area (Å²) in [7, 11) is 0. The third kappa shape index (κ3) is 3.89. The van der Waals surface area contributed by atoms with Crippen molar-refractivity contribution in [3.8, 4) is 0 Å². The van der Waals surface area contributed by atoms with Crippen LogP contribution in [0.3, 0.4) is 0 Å². The molecular formula is C8H14N2O3. The molecule has 0 spiro atoms. The van der Waals surface area contributed by atoms with Gasteiger partial charge in [-0.25, -0.2) is 0 Å². The van der Waals surface area contributed by atoms with Crippen molar-refractivity contribution >= 4 is 12.3 Å². The molecule has 5 nitrogen and oxygen atoms in total. The first-order valence-electron chi connectivity index (χ1n) is 4.38. The van der Waals surface area contributed by atoms with E-state index in [-0.39, 0.29) is 5.91 Å². The van der Waals surface area contributed by atoms with Crippen LogP contribution in [-0.4, -0.2) is 25.5 Å². The van der Waals surface area contributed by atoms with Crippen molar-refractivity contribution in [2.75, 3.05) is 13.2 Å². The molecule has 0 aliphatic carbocycles. The number of hydrogen-bond donors (Lipinski definition) is 2. The SMILES string of the molecule is O=CNNC(=O)CC1CCOCC1. The van der Waals surface area contributed by atoms with E-state index in [9.17, 15) is 9.59 Å². The van der Waals surface area contributed by atoms with Gasteiger partial charge in [0, 0.05) is 19.6 Å². The normalized spacial score (nSPS) is 17.8. The smallest absolute Gasteiger partial charge is 0.238 e. The first-order valence-corrected chi connectivity index (χ1v) is 4.38. The van der Waals surface area contributed by atoms with Crippen LogP contribution >= 0.6 is 0 Å². The van der Waals surface area contributed by atoms with Crippen LogP contribution in [-0.2, 0) is 14.3 Å². The first-order chi connectivity index (χ1) is 6.33. The molecule has 2 N–H and O–H groups in total. The Morgan fingerprint density at radius 1 is 1.46 bits per heavy atom. The van der Waals surface area contributed by atoms with E-state index in [2.05, 4.69) is 10.9 Å². The third-order valence-corrected chi connectivity index (χ3v) is 2.09. The van der Waals surface area contributed by atoms with Crippen molar-refractivity contribution in [3.05, 3.63) is 0 Å². The number of carbonyl (C=O) groups is 2. The molecule has 1 saturated heterocycles. The highest BCUT2D eigenvalue weighted by Crippen LogP contribution is 2.17. The van der Waals surface area contributed by atoms with Crippen LogP contribution in [0.25, 0.3) is 0 Å². The largest absolute Gasteiger partial charge is 0.381 e. The van der Waals surface area contributed by atoms with Gasteiger partial charge in [0.1, 0.15) is 0 Å². The zero-order valence-electron chi connectivity index (χ0n) is 7.41. The average Bonchev–Trinajstić information content (AvgIpc) is 2.16. The van der Waals surface area contributed by atoms with Crippen LogP contribution in [0.5, 0.6) is 0 Å².